The van der Waals surface area contributed by atoms with Crippen LogP contribution in [0, 0.1) is 5.92 Å². The third kappa shape index (κ3) is 1.89. The largest absolute Gasteiger partial charge is 0.353 e. The highest BCUT2D eigenvalue weighted by Crippen LogP contribution is 2.19. The Morgan fingerprint density at radius 3 is 2.85 bits per heavy atom. The normalized spacial score (nSPS) is 16.6. The van der Waals surface area contributed by atoms with Gasteiger partial charge in [-0.05, 0) is 24.8 Å². The van der Waals surface area contributed by atoms with E-state index in [9.17, 15) is 4.79 Å². The summed E-state index contributed by atoms with van der Waals surface area (Å²) >= 11 is 0. The second-order valence-corrected chi connectivity index (χ2v) is 3.57. The number of rotatable bonds is 3. The lowest BCUT2D eigenvalue weighted by Gasteiger charge is -2.09. The molecule has 2 rings (SSSR count). The van der Waals surface area contributed by atoms with E-state index in [1.54, 1.807) is 0 Å². The molecule has 0 aliphatic heterocycles. The molecule has 0 atom stereocenters. The summed E-state index contributed by atoms with van der Waals surface area (Å²) in [4.78, 5) is 10.4. The van der Waals surface area contributed by atoms with Gasteiger partial charge < -0.3 is 4.57 Å². The molecule has 0 fully saturated rings. The van der Waals surface area contributed by atoms with E-state index >= 15 is 0 Å². The second-order valence-electron chi connectivity index (χ2n) is 3.57. The Bertz CT molecular complexity index is 317. The smallest absolute Gasteiger partial charge is 0.151 e. The van der Waals surface area contributed by atoms with Crippen LogP contribution < -0.4 is 0 Å². The first-order chi connectivity index (χ1) is 6.38. The van der Waals surface area contributed by atoms with Gasteiger partial charge in [0.05, 0.1) is 0 Å². The van der Waals surface area contributed by atoms with Gasteiger partial charge in [0.25, 0.3) is 0 Å². The summed E-state index contributed by atoms with van der Waals surface area (Å²) in [6.07, 6.45) is 11.6. The Balaban J connectivity index is 1.97. The molecule has 1 aliphatic carbocycles. The molecule has 2 heteroatoms. The van der Waals surface area contributed by atoms with Gasteiger partial charge >= 0.3 is 0 Å². The Morgan fingerprint density at radius 2 is 2.23 bits per heavy atom. The van der Waals surface area contributed by atoms with Crippen molar-refractivity contribution < 1.29 is 4.79 Å². The highest BCUT2D eigenvalue weighted by molar-refractivity contribution is 5.74. The van der Waals surface area contributed by atoms with Gasteiger partial charge in [0, 0.05) is 24.5 Å². The van der Waals surface area contributed by atoms with Gasteiger partial charge in [0.15, 0.2) is 6.29 Å². The lowest BCUT2D eigenvalue weighted by molar-refractivity contribution is 0.112. The monoisotopic (exact) mass is 175 g/mol. The number of hydrogen-bond donors (Lipinski definition) is 0. The molecule has 1 heterocycles. The highest BCUT2D eigenvalue weighted by Gasteiger charge is 2.10. The zero-order chi connectivity index (χ0) is 9.10. The van der Waals surface area contributed by atoms with Crippen molar-refractivity contribution in [3.63, 3.8) is 0 Å². The van der Waals surface area contributed by atoms with Crippen LogP contribution in [0.15, 0.2) is 30.6 Å². The number of hydrogen-bond acceptors (Lipinski definition) is 1. The molecule has 0 saturated carbocycles. The van der Waals surface area contributed by atoms with Gasteiger partial charge in [-0.15, -0.1) is 0 Å². The molecule has 0 N–H and O–H groups in total. The van der Waals surface area contributed by atoms with Crippen LogP contribution in [0.1, 0.15) is 23.2 Å². The van der Waals surface area contributed by atoms with Crippen molar-refractivity contribution in [1.82, 2.24) is 4.57 Å². The van der Waals surface area contributed by atoms with Crippen molar-refractivity contribution in [3.8, 4) is 0 Å². The van der Waals surface area contributed by atoms with Gasteiger partial charge in [-0.2, -0.15) is 0 Å². The summed E-state index contributed by atoms with van der Waals surface area (Å²) < 4.78 is 2.10. The molecule has 1 aliphatic rings. The molecule has 68 valence electrons. The Hall–Kier alpha value is -1.31. The van der Waals surface area contributed by atoms with Gasteiger partial charge in [0.2, 0.25) is 0 Å². The van der Waals surface area contributed by atoms with Crippen molar-refractivity contribution in [1.29, 1.82) is 0 Å². The number of nitrogens with zero attached hydrogens (tertiary/aromatic N) is 1. The molecule has 13 heavy (non-hydrogen) atoms. The number of aldehydes is 1. The molecule has 0 bridgehead atoms. The molecule has 2 nitrogen and oxygen atoms in total. The first-order valence-corrected chi connectivity index (χ1v) is 4.64. The summed E-state index contributed by atoms with van der Waals surface area (Å²) in [5.74, 6) is 0.729. The number of carbonyl (C=O) groups excluding carboxylic acids is 1. The van der Waals surface area contributed by atoms with Gasteiger partial charge in [-0.1, -0.05) is 12.2 Å². The topological polar surface area (TPSA) is 22.0 Å². The molecule has 0 aromatic carbocycles. The summed E-state index contributed by atoms with van der Waals surface area (Å²) in [6.45, 7) is 1.03. The minimum absolute atomic E-state index is 0.729. The van der Waals surface area contributed by atoms with E-state index in [4.69, 9.17) is 0 Å². The number of allylic oxidation sites excluding steroid dienone is 2. The van der Waals surface area contributed by atoms with Crippen LogP contribution in [0.25, 0.3) is 0 Å². The summed E-state index contributed by atoms with van der Waals surface area (Å²) in [6, 6.07) is 1.86. The molecule has 0 unspecified atom stereocenters. The molecule has 0 radical (unpaired) electrons. The van der Waals surface area contributed by atoms with Crippen molar-refractivity contribution in [3.05, 3.63) is 36.2 Å². The van der Waals surface area contributed by atoms with E-state index in [-0.39, 0.29) is 0 Å². The second kappa shape index (κ2) is 3.60. The predicted octanol–water partition coefficient (Wildman–Crippen LogP) is 2.27. The van der Waals surface area contributed by atoms with Crippen molar-refractivity contribution in [2.75, 3.05) is 0 Å². The SMILES string of the molecule is O=Cc1ccn(CC2CC=CC2)c1. The summed E-state index contributed by atoms with van der Waals surface area (Å²) in [7, 11) is 0. The summed E-state index contributed by atoms with van der Waals surface area (Å²) in [5, 5.41) is 0. The fraction of sp³-hybridized carbons (Fsp3) is 0.364. The first kappa shape index (κ1) is 8.30. The average Bonchev–Trinajstić information content (AvgIpc) is 2.76. The van der Waals surface area contributed by atoms with E-state index < -0.39 is 0 Å². The molecule has 1 aromatic heterocycles. The summed E-state index contributed by atoms with van der Waals surface area (Å²) in [5.41, 5.74) is 0.769. The maximum Gasteiger partial charge on any atom is 0.151 e. The van der Waals surface area contributed by atoms with Gasteiger partial charge in [-0.3, -0.25) is 4.79 Å². The van der Waals surface area contributed by atoms with E-state index in [1.807, 2.05) is 18.5 Å². The predicted molar refractivity (Wildman–Crippen MR) is 51.7 cm³/mol. The maximum atomic E-state index is 10.4. The van der Waals surface area contributed by atoms with Crippen molar-refractivity contribution in [2.45, 2.75) is 19.4 Å². The van der Waals surface area contributed by atoms with Crippen LogP contribution in [0.4, 0.5) is 0 Å². The van der Waals surface area contributed by atoms with Crippen LogP contribution in [-0.2, 0) is 6.54 Å². The molecule has 0 spiro atoms. The minimum atomic E-state index is 0.729. The minimum Gasteiger partial charge on any atom is -0.353 e. The third-order valence-electron chi connectivity index (χ3n) is 2.48. The van der Waals surface area contributed by atoms with Crippen LogP contribution in [0.5, 0.6) is 0 Å². The molecule has 0 saturated heterocycles. The zero-order valence-electron chi connectivity index (χ0n) is 7.52. The Labute approximate surface area is 77.9 Å². The quantitative estimate of drug-likeness (QED) is 0.510. The molecular weight excluding hydrogens is 162 g/mol. The maximum absolute atomic E-state index is 10.4. The number of carbonyl (C=O) groups is 1. The first-order valence-electron chi connectivity index (χ1n) is 4.64. The standard InChI is InChI=1S/C11H13NO/c13-9-11-5-6-12(8-11)7-10-3-1-2-4-10/h1-2,5-6,8-10H,3-4,7H2. The molecule has 1 aromatic rings. The zero-order valence-corrected chi connectivity index (χ0v) is 7.52. The fourth-order valence-corrected chi connectivity index (χ4v) is 1.76. The van der Waals surface area contributed by atoms with Crippen LogP contribution in [0.3, 0.4) is 0 Å². The van der Waals surface area contributed by atoms with E-state index in [0.717, 1.165) is 24.3 Å². The van der Waals surface area contributed by atoms with Crippen LogP contribution in [0.2, 0.25) is 0 Å². The molecular formula is C11H13NO. The van der Waals surface area contributed by atoms with E-state index in [2.05, 4.69) is 16.7 Å². The average molecular weight is 175 g/mol. The van der Waals surface area contributed by atoms with E-state index in [0.29, 0.717) is 0 Å². The fourth-order valence-electron chi connectivity index (χ4n) is 1.76. The van der Waals surface area contributed by atoms with Crippen molar-refractivity contribution >= 4 is 6.29 Å². The van der Waals surface area contributed by atoms with Gasteiger partial charge in [0.1, 0.15) is 0 Å². The highest BCUT2D eigenvalue weighted by atomic mass is 16.1. The van der Waals surface area contributed by atoms with E-state index in [1.165, 1.54) is 12.8 Å². The third-order valence-corrected chi connectivity index (χ3v) is 2.48. The lowest BCUT2D eigenvalue weighted by Crippen LogP contribution is -2.05. The van der Waals surface area contributed by atoms with Crippen molar-refractivity contribution in [2.24, 2.45) is 5.92 Å². The lowest BCUT2D eigenvalue weighted by atomic mass is 10.1. The number of aromatic nitrogens is 1. The van der Waals surface area contributed by atoms with Crippen LogP contribution in [-0.4, -0.2) is 10.9 Å². The van der Waals surface area contributed by atoms with Crippen LogP contribution >= 0.6 is 0 Å². The van der Waals surface area contributed by atoms with Gasteiger partial charge in [-0.25, -0.2) is 0 Å². The molecule has 0 amide bonds. The Morgan fingerprint density at radius 1 is 1.46 bits per heavy atom. The Kier molecular flexibility index (Phi) is 2.30.